The van der Waals surface area contributed by atoms with Crippen LogP contribution in [0.3, 0.4) is 0 Å². The fourth-order valence-corrected chi connectivity index (χ4v) is 2.21. The third kappa shape index (κ3) is 2.49. The summed E-state index contributed by atoms with van der Waals surface area (Å²) in [5.74, 6) is -0.167. The standard InChI is InChI=1S/C13H14F3NO/c1-9-6-7-17(8-9)12(18)10-4-2-3-5-11(10)13(14,15)16/h2-5,9H,6-8H2,1H3. The smallest absolute Gasteiger partial charge is 0.338 e. The van der Waals surface area contributed by atoms with E-state index < -0.39 is 17.6 Å². The van der Waals surface area contributed by atoms with Gasteiger partial charge in [0.2, 0.25) is 0 Å². The number of hydrogen-bond donors (Lipinski definition) is 0. The molecular formula is C13H14F3NO. The molecule has 0 N–H and O–H groups in total. The lowest BCUT2D eigenvalue weighted by atomic mass is 10.1. The Hall–Kier alpha value is -1.52. The summed E-state index contributed by atoms with van der Waals surface area (Å²) in [6, 6.07) is 4.95. The number of halogens is 3. The molecule has 1 aromatic rings. The summed E-state index contributed by atoms with van der Waals surface area (Å²) in [5.41, 5.74) is -1.10. The topological polar surface area (TPSA) is 20.3 Å². The van der Waals surface area contributed by atoms with Crippen LogP contribution in [0.15, 0.2) is 24.3 Å². The van der Waals surface area contributed by atoms with Gasteiger partial charge in [-0.05, 0) is 24.5 Å². The van der Waals surface area contributed by atoms with Crippen LogP contribution in [-0.2, 0) is 6.18 Å². The molecule has 0 radical (unpaired) electrons. The van der Waals surface area contributed by atoms with E-state index in [4.69, 9.17) is 0 Å². The second kappa shape index (κ2) is 4.63. The maximum atomic E-state index is 12.8. The predicted octanol–water partition coefficient (Wildman–Crippen LogP) is 3.19. The van der Waals surface area contributed by atoms with Gasteiger partial charge in [0, 0.05) is 13.1 Å². The lowest BCUT2D eigenvalue weighted by Gasteiger charge is -2.19. The van der Waals surface area contributed by atoms with Gasteiger partial charge in [-0.3, -0.25) is 4.79 Å². The summed E-state index contributed by atoms with van der Waals surface area (Å²) in [7, 11) is 0. The Bertz CT molecular complexity index is 456. The predicted molar refractivity (Wildman–Crippen MR) is 61.1 cm³/mol. The fourth-order valence-electron chi connectivity index (χ4n) is 2.21. The molecule has 1 aliphatic heterocycles. The Kier molecular flexibility index (Phi) is 3.32. The molecule has 1 heterocycles. The average Bonchev–Trinajstić information content (AvgIpc) is 2.74. The van der Waals surface area contributed by atoms with E-state index in [1.807, 2.05) is 6.92 Å². The van der Waals surface area contributed by atoms with Gasteiger partial charge in [0.15, 0.2) is 0 Å². The molecular weight excluding hydrogens is 243 g/mol. The Labute approximate surface area is 103 Å². The van der Waals surface area contributed by atoms with Gasteiger partial charge in [-0.1, -0.05) is 19.1 Å². The van der Waals surface area contributed by atoms with Crippen molar-refractivity contribution in [3.8, 4) is 0 Å². The minimum atomic E-state index is -4.49. The van der Waals surface area contributed by atoms with E-state index in [1.165, 1.54) is 23.1 Å². The van der Waals surface area contributed by atoms with Crippen LogP contribution >= 0.6 is 0 Å². The minimum Gasteiger partial charge on any atom is -0.338 e. The summed E-state index contributed by atoms with van der Waals surface area (Å²) < 4.78 is 38.4. The van der Waals surface area contributed by atoms with Crippen molar-refractivity contribution < 1.29 is 18.0 Å². The van der Waals surface area contributed by atoms with Crippen LogP contribution in [0.5, 0.6) is 0 Å². The molecule has 1 unspecified atom stereocenters. The van der Waals surface area contributed by atoms with Crippen LogP contribution < -0.4 is 0 Å². The van der Waals surface area contributed by atoms with Crippen molar-refractivity contribution in [3.05, 3.63) is 35.4 Å². The van der Waals surface area contributed by atoms with E-state index in [1.54, 1.807) is 0 Å². The van der Waals surface area contributed by atoms with Gasteiger partial charge in [-0.15, -0.1) is 0 Å². The number of rotatable bonds is 1. The molecule has 98 valence electrons. The minimum absolute atomic E-state index is 0.251. The normalized spacial score (nSPS) is 20.2. The summed E-state index contributed by atoms with van der Waals surface area (Å²) in [4.78, 5) is 13.6. The highest BCUT2D eigenvalue weighted by Crippen LogP contribution is 2.33. The van der Waals surface area contributed by atoms with Crippen molar-refractivity contribution in [2.75, 3.05) is 13.1 Å². The Morgan fingerprint density at radius 2 is 2.00 bits per heavy atom. The number of alkyl halides is 3. The van der Waals surface area contributed by atoms with Gasteiger partial charge in [0.1, 0.15) is 0 Å². The lowest BCUT2D eigenvalue weighted by Crippen LogP contribution is -2.30. The highest BCUT2D eigenvalue weighted by molar-refractivity contribution is 5.96. The summed E-state index contributed by atoms with van der Waals surface area (Å²) in [5, 5.41) is 0. The number of carbonyl (C=O) groups excluding carboxylic acids is 1. The van der Waals surface area contributed by atoms with Crippen molar-refractivity contribution >= 4 is 5.91 Å². The molecule has 0 spiro atoms. The van der Waals surface area contributed by atoms with Crippen molar-refractivity contribution in [1.29, 1.82) is 0 Å². The van der Waals surface area contributed by atoms with E-state index in [2.05, 4.69) is 0 Å². The zero-order valence-electron chi connectivity index (χ0n) is 10.00. The molecule has 1 amide bonds. The Balaban J connectivity index is 2.31. The zero-order valence-corrected chi connectivity index (χ0v) is 10.00. The van der Waals surface area contributed by atoms with Crippen LogP contribution in [-0.4, -0.2) is 23.9 Å². The van der Waals surface area contributed by atoms with Crippen LogP contribution in [0.1, 0.15) is 29.3 Å². The molecule has 1 aromatic carbocycles. The zero-order chi connectivity index (χ0) is 13.3. The second-order valence-electron chi connectivity index (χ2n) is 4.69. The maximum Gasteiger partial charge on any atom is 0.417 e. The SMILES string of the molecule is CC1CCN(C(=O)c2ccccc2C(F)(F)F)C1. The van der Waals surface area contributed by atoms with Crippen molar-refractivity contribution in [1.82, 2.24) is 4.90 Å². The first-order valence-electron chi connectivity index (χ1n) is 5.85. The van der Waals surface area contributed by atoms with Crippen LogP contribution in [0.2, 0.25) is 0 Å². The molecule has 1 aliphatic rings. The molecule has 0 aliphatic carbocycles. The molecule has 2 nitrogen and oxygen atoms in total. The highest BCUT2D eigenvalue weighted by Gasteiger charge is 2.36. The molecule has 1 fully saturated rings. The monoisotopic (exact) mass is 257 g/mol. The van der Waals surface area contributed by atoms with Crippen LogP contribution in [0, 0.1) is 5.92 Å². The van der Waals surface area contributed by atoms with Gasteiger partial charge in [0.05, 0.1) is 11.1 Å². The number of benzene rings is 1. The maximum absolute atomic E-state index is 12.8. The molecule has 1 saturated heterocycles. The fraction of sp³-hybridized carbons (Fsp3) is 0.462. The molecule has 18 heavy (non-hydrogen) atoms. The van der Waals surface area contributed by atoms with E-state index in [-0.39, 0.29) is 5.56 Å². The summed E-state index contributed by atoms with van der Waals surface area (Å²) in [6.07, 6.45) is -3.64. The van der Waals surface area contributed by atoms with Gasteiger partial charge >= 0.3 is 6.18 Å². The van der Waals surface area contributed by atoms with Crippen molar-refractivity contribution in [2.24, 2.45) is 5.92 Å². The molecule has 1 atom stereocenters. The van der Waals surface area contributed by atoms with Gasteiger partial charge < -0.3 is 4.90 Å². The van der Waals surface area contributed by atoms with Gasteiger partial charge in [0.25, 0.3) is 5.91 Å². The lowest BCUT2D eigenvalue weighted by molar-refractivity contribution is -0.138. The van der Waals surface area contributed by atoms with E-state index in [9.17, 15) is 18.0 Å². The number of likely N-dealkylation sites (tertiary alicyclic amines) is 1. The van der Waals surface area contributed by atoms with Gasteiger partial charge in [-0.25, -0.2) is 0 Å². The average molecular weight is 257 g/mol. The van der Waals surface area contributed by atoms with Crippen LogP contribution in [0.25, 0.3) is 0 Å². The largest absolute Gasteiger partial charge is 0.417 e. The van der Waals surface area contributed by atoms with E-state index in [0.717, 1.165) is 12.5 Å². The third-order valence-corrected chi connectivity index (χ3v) is 3.17. The number of nitrogens with zero attached hydrogens (tertiary/aromatic N) is 1. The Morgan fingerprint density at radius 3 is 2.56 bits per heavy atom. The molecule has 5 heteroatoms. The first-order chi connectivity index (χ1) is 8.39. The third-order valence-electron chi connectivity index (χ3n) is 3.17. The number of carbonyl (C=O) groups is 1. The molecule has 0 saturated carbocycles. The number of hydrogen-bond acceptors (Lipinski definition) is 1. The summed E-state index contributed by atoms with van der Waals surface area (Å²) >= 11 is 0. The van der Waals surface area contributed by atoms with E-state index in [0.29, 0.717) is 19.0 Å². The van der Waals surface area contributed by atoms with Crippen LogP contribution in [0.4, 0.5) is 13.2 Å². The first kappa shape index (κ1) is 12.9. The molecule has 0 aromatic heterocycles. The number of amides is 1. The molecule has 2 rings (SSSR count). The van der Waals surface area contributed by atoms with Crippen molar-refractivity contribution in [2.45, 2.75) is 19.5 Å². The molecule has 0 bridgehead atoms. The Morgan fingerprint density at radius 1 is 1.33 bits per heavy atom. The first-order valence-corrected chi connectivity index (χ1v) is 5.85. The van der Waals surface area contributed by atoms with Gasteiger partial charge in [-0.2, -0.15) is 13.2 Å². The summed E-state index contributed by atoms with van der Waals surface area (Å²) in [6.45, 7) is 3.06. The van der Waals surface area contributed by atoms with Crippen molar-refractivity contribution in [3.63, 3.8) is 0 Å². The highest BCUT2D eigenvalue weighted by atomic mass is 19.4. The van der Waals surface area contributed by atoms with E-state index >= 15 is 0 Å². The second-order valence-corrected chi connectivity index (χ2v) is 4.69. The quantitative estimate of drug-likeness (QED) is 0.756.